The van der Waals surface area contributed by atoms with Gasteiger partial charge in [0, 0.05) is 35.2 Å². The van der Waals surface area contributed by atoms with Gasteiger partial charge in [-0.3, -0.25) is 4.90 Å². The van der Waals surface area contributed by atoms with Crippen LogP contribution >= 0.6 is 0 Å². The fourth-order valence-electron chi connectivity index (χ4n) is 5.00. The molecule has 0 amide bonds. The fraction of sp³-hybridized carbons (Fsp3) is 0.409. The van der Waals surface area contributed by atoms with Crippen LogP contribution in [0.1, 0.15) is 36.8 Å². The van der Waals surface area contributed by atoms with Gasteiger partial charge in [0.1, 0.15) is 0 Å². The molecule has 1 N–H and O–H groups in total. The number of fused-ring (bicyclic) bond motifs is 3. The fourth-order valence-corrected chi connectivity index (χ4v) is 5.00. The molecule has 0 aromatic heterocycles. The van der Waals surface area contributed by atoms with Gasteiger partial charge in [0.2, 0.25) is 0 Å². The summed E-state index contributed by atoms with van der Waals surface area (Å²) in [5.41, 5.74) is 3.21. The molecule has 3 unspecified atom stereocenters. The van der Waals surface area contributed by atoms with Gasteiger partial charge in [0.05, 0.1) is 12.6 Å². The van der Waals surface area contributed by atoms with Crippen molar-refractivity contribution in [1.82, 2.24) is 4.90 Å². The van der Waals surface area contributed by atoms with Crippen molar-refractivity contribution in [2.24, 2.45) is 0 Å². The number of carbonyl (C=O) groups is 1. The monoisotopic (exact) mass is 347 g/mol. The van der Waals surface area contributed by atoms with Gasteiger partial charge in [0.25, 0.3) is 0 Å². The number of hydrogen-bond acceptors (Lipinski definition) is 4. The van der Waals surface area contributed by atoms with Crippen LogP contribution in [0.2, 0.25) is 0 Å². The Labute approximate surface area is 153 Å². The van der Waals surface area contributed by atoms with Crippen LogP contribution in [-0.4, -0.2) is 40.2 Å². The predicted molar refractivity (Wildman–Crippen MR) is 97.0 cm³/mol. The number of esters is 1. The highest BCUT2D eigenvalue weighted by Gasteiger charge is 2.61. The lowest BCUT2D eigenvalue weighted by molar-refractivity contribution is -0.148. The van der Waals surface area contributed by atoms with E-state index in [9.17, 15) is 4.79 Å². The number of hydrogen-bond donors (Lipinski definition) is 1. The summed E-state index contributed by atoms with van der Waals surface area (Å²) in [6, 6.07) is 8.20. The Balaban J connectivity index is 1.52. The van der Waals surface area contributed by atoms with Crippen molar-refractivity contribution in [3.05, 3.63) is 58.7 Å². The summed E-state index contributed by atoms with van der Waals surface area (Å²) in [5.74, 6) is 6.28. The Morgan fingerprint density at radius 2 is 2.08 bits per heavy atom. The van der Waals surface area contributed by atoms with Crippen molar-refractivity contribution in [3.63, 3.8) is 0 Å². The summed E-state index contributed by atoms with van der Waals surface area (Å²) >= 11 is 0. The van der Waals surface area contributed by atoms with Crippen LogP contribution < -0.4 is 0 Å². The van der Waals surface area contributed by atoms with E-state index >= 15 is 0 Å². The number of aliphatic hydroxyl groups is 1. The second-order valence-electron chi connectivity index (χ2n) is 7.57. The number of aliphatic hydroxyl groups excluding tert-OH is 1. The molecule has 3 atom stereocenters. The molecule has 132 valence electrons. The zero-order chi connectivity index (χ0) is 17.7. The maximum absolute atomic E-state index is 12.1. The number of benzene rings is 1. The lowest BCUT2D eigenvalue weighted by Crippen LogP contribution is -2.48. The molecule has 2 saturated heterocycles. The predicted octanol–water partition coefficient (Wildman–Crippen LogP) is 2.32. The highest BCUT2D eigenvalue weighted by atomic mass is 16.6. The molecule has 0 saturated carbocycles. The first-order valence-electron chi connectivity index (χ1n) is 9.34. The zero-order valence-corrected chi connectivity index (χ0v) is 14.6. The Bertz CT molecular complexity index is 886. The van der Waals surface area contributed by atoms with Gasteiger partial charge in [-0.05, 0) is 37.1 Å². The summed E-state index contributed by atoms with van der Waals surface area (Å²) in [5, 5.41) is 9.15. The van der Waals surface area contributed by atoms with E-state index in [1.807, 2.05) is 24.3 Å². The lowest BCUT2D eigenvalue weighted by Gasteiger charge is -2.38. The third kappa shape index (κ3) is 2.28. The highest BCUT2D eigenvalue weighted by molar-refractivity contribution is 5.90. The van der Waals surface area contributed by atoms with E-state index in [2.05, 4.69) is 22.8 Å². The van der Waals surface area contributed by atoms with Gasteiger partial charge in [-0.1, -0.05) is 36.5 Å². The van der Waals surface area contributed by atoms with Gasteiger partial charge < -0.3 is 9.84 Å². The maximum Gasteiger partial charge on any atom is 0.332 e. The van der Waals surface area contributed by atoms with Crippen molar-refractivity contribution >= 4 is 5.97 Å². The third-order valence-corrected chi connectivity index (χ3v) is 6.15. The van der Waals surface area contributed by atoms with Crippen molar-refractivity contribution in [1.29, 1.82) is 0 Å². The standard InChI is InChI=1S/C22H21NO3/c24-14-16-6-4-15(5-7-16)8-9-17-11-18-13-22(19(17)12-21(25)26-22)20-3-1-2-10-23(18)20/h4-7,11-12,18,20,24H,1-3,10,13-14H2. The van der Waals surface area contributed by atoms with Crippen LogP contribution in [0.25, 0.3) is 0 Å². The highest BCUT2D eigenvalue weighted by Crippen LogP contribution is 2.53. The second-order valence-corrected chi connectivity index (χ2v) is 7.57. The largest absolute Gasteiger partial charge is 0.449 e. The molecule has 5 rings (SSSR count). The van der Waals surface area contributed by atoms with Crippen LogP contribution in [0.5, 0.6) is 0 Å². The first-order valence-corrected chi connectivity index (χ1v) is 9.34. The van der Waals surface area contributed by atoms with Crippen molar-refractivity contribution < 1.29 is 14.6 Å². The molecule has 1 spiro atoms. The molecule has 3 aliphatic heterocycles. The topological polar surface area (TPSA) is 49.8 Å². The molecular formula is C22H21NO3. The lowest BCUT2D eigenvalue weighted by atomic mass is 9.77. The molecule has 1 aromatic carbocycles. The molecule has 4 aliphatic rings. The maximum atomic E-state index is 12.1. The van der Waals surface area contributed by atoms with Crippen LogP contribution in [0.15, 0.2) is 47.6 Å². The number of ether oxygens (including phenoxy) is 1. The number of rotatable bonds is 1. The van der Waals surface area contributed by atoms with Crippen molar-refractivity contribution in [2.75, 3.05) is 6.54 Å². The Morgan fingerprint density at radius 1 is 1.23 bits per heavy atom. The average Bonchev–Trinajstić information content (AvgIpc) is 3.15. The Morgan fingerprint density at radius 3 is 2.88 bits per heavy atom. The second kappa shape index (κ2) is 5.84. The average molecular weight is 347 g/mol. The van der Waals surface area contributed by atoms with Crippen LogP contribution in [0, 0.1) is 11.8 Å². The van der Waals surface area contributed by atoms with Crippen molar-refractivity contribution in [3.8, 4) is 11.8 Å². The minimum absolute atomic E-state index is 0.0343. The van der Waals surface area contributed by atoms with E-state index in [1.165, 1.54) is 12.8 Å². The molecule has 2 fully saturated rings. The summed E-state index contributed by atoms with van der Waals surface area (Å²) in [6.45, 7) is 1.11. The molecule has 3 heterocycles. The molecule has 1 aliphatic carbocycles. The molecule has 4 nitrogen and oxygen atoms in total. The van der Waals surface area contributed by atoms with Gasteiger partial charge >= 0.3 is 5.97 Å². The van der Waals surface area contributed by atoms with Crippen LogP contribution in [0.3, 0.4) is 0 Å². The summed E-state index contributed by atoms with van der Waals surface area (Å²) < 4.78 is 5.92. The zero-order valence-electron chi connectivity index (χ0n) is 14.6. The quantitative estimate of drug-likeness (QED) is 0.626. The first-order chi connectivity index (χ1) is 12.7. The van der Waals surface area contributed by atoms with E-state index in [0.29, 0.717) is 12.1 Å². The SMILES string of the molecule is O=C1C=C2C(C#Cc3ccc(CO)cc3)=CC3CC2(O1)C1CCCCN31. The van der Waals surface area contributed by atoms with Gasteiger partial charge in [0.15, 0.2) is 5.60 Å². The smallest absolute Gasteiger partial charge is 0.332 e. The Kier molecular flexibility index (Phi) is 3.56. The normalized spacial score (nSPS) is 32.0. The number of carbonyl (C=O) groups excluding carboxylic acids is 1. The third-order valence-electron chi connectivity index (χ3n) is 6.15. The van der Waals surface area contributed by atoms with E-state index in [4.69, 9.17) is 9.84 Å². The summed E-state index contributed by atoms with van der Waals surface area (Å²) in [7, 11) is 0. The summed E-state index contributed by atoms with van der Waals surface area (Å²) in [6.07, 6.45) is 8.24. The van der Waals surface area contributed by atoms with Gasteiger partial charge in [-0.15, -0.1) is 0 Å². The van der Waals surface area contributed by atoms with E-state index in [-0.39, 0.29) is 12.6 Å². The molecule has 1 aromatic rings. The molecule has 0 radical (unpaired) electrons. The molecule has 2 bridgehead atoms. The van der Waals surface area contributed by atoms with Gasteiger partial charge in [-0.25, -0.2) is 4.79 Å². The summed E-state index contributed by atoms with van der Waals surface area (Å²) in [4.78, 5) is 14.7. The molecule has 4 heteroatoms. The molecular weight excluding hydrogens is 326 g/mol. The first kappa shape index (κ1) is 15.9. The minimum atomic E-state index is -0.484. The van der Waals surface area contributed by atoms with E-state index < -0.39 is 5.60 Å². The van der Waals surface area contributed by atoms with Crippen molar-refractivity contribution in [2.45, 2.75) is 50.0 Å². The van der Waals surface area contributed by atoms with Gasteiger partial charge in [-0.2, -0.15) is 0 Å². The number of nitrogens with zero attached hydrogens (tertiary/aromatic N) is 1. The van der Waals surface area contributed by atoms with Crippen LogP contribution in [0.4, 0.5) is 0 Å². The van der Waals surface area contributed by atoms with E-state index in [0.717, 1.165) is 41.7 Å². The minimum Gasteiger partial charge on any atom is -0.449 e. The van der Waals surface area contributed by atoms with Crippen LogP contribution in [-0.2, 0) is 16.1 Å². The van der Waals surface area contributed by atoms with E-state index in [1.54, 1.807) is 6.08 Å². The molecule has 26 heavy (non-hydrogen) atoms. The number of piperidine rings is 1. The Hall–Kier alpha value is -2.35.